The van der Waals surface area contributed by atoms with Gasteiger partial charge < -0.3 is 9.64 Å². The van der Waals surface area contributed by atoms with Crippen molar-refractivity contribution >= 4 is 23.1 Å². The molecule has 22 heavy (non-hydrogen) atoms. The molecule has 7 nitrogen and oxygen atoms in total. The summed E-state index contributed by atoms with van der Waals surface area (Å²) >= 11 is 0. The summed E-state index contributed by atoms with van der Waals surface area (Å²) < 4.78 is 4.97. The van der Waals surface area contributed by atoms with Gasteiger partial charge in [-0.3, -0.25) is 14.9 Å². The predicted octanol–water partition coefficient (Wildman–Crippen LogP) is 2.33. The number of Topliss-reactive ketones (excluding diaryl/α,β-unsaturated/α-hetero) is 1. The number of esters is 1. The second-order valence-electron chi connectivity index (χ2n) is 5.31. The number of anilines is 1. The fourth-order valence-electron chi connectivity index (χ4n) is 2.33. The van der Waals surface area contributed by atoms with E-state index in [1.807, 2.05) is 4.90 Å². The van der Waals surface area contributed by atoms with E-state index in [-0.39, 0.29) is 17.0 Å². The molecule has 118 valence electrons. The molecule has 1 heterocycles. The normalized spacial score (nSPS) is 15.5. The van der Waals surface area contributed by atoms with Gasteiger partial charge in [-0.25, -0.2) is 4.79 Å². The lowest BCUT2D eigenvalue weighted by Gasteiger charge is -2.18. The van der Waals surface area contributed by atoms with E-state index in [1.165, 1.54) is 26.0 Å². The Hall–Kier alpha value is -2.44. The minimum absolute atomic E-state index is 0.0720. The van der Waals surface area contributed by atoms with Crippen LogP contribution in [0.4, 0.5) is 11.4 Å². The Balaban J connectivity index is 2.27. The van der Waals surface area contributed by atoms with Gasteiger partial charge in [0.1, 0.15) is 5.69 Å². The highest BCUT2D eigenvalue weighted by molar-refractivity contribution is 5.93. The molecule has 1 fully saturated rings. The summed E-state index contributed by atoms with van der Waals surface area (Å²) in [6.45, 7) is 4.32. The Morgan fingerprint density at radius 3 is 2.50 bits per heavy atom. The number of carbonyl (C=O) groups is 2. The van der Waals surface area contributed by atoms with Gasteiger partial charge in [0.15, 0.2) is 11.9 Å². The van der Waals surface area contributed by atoms with Gasteiger partial charge in [-0.15, -0.1) is 0 Å². The Morgan fingerprint density at radius 2 is 1.95 bits per heavy atom. The first-order chi connectivity index (χ1) is 10.4. The highest BCUT2D eigenvalue weighted by Crippen LogP contribution is 2.31. The van der Waals surface area contributed by atoms with Gasteiger partial charge in [-0.2, -0.15) is 0 Å². The number of ketones is 1. The second-order valence-corrected chi connectivity index (χ2v) is 5.31. The summed E-state index contributed by atoms with van der Waals surface area (Å²) in [4.78, 5) is 35.8. The largest absolute Gasteiger partial charge is 0.451 e. The molecule has 0 aliphatic carbocycles. The molecule has 2 rings (SSSR count). The number of nitro benzene ring substituents is 1. The molecule has 1 unspecified atom stereocenters. The van der Waals surface area contributed by atoms with E-state index < -0.39 is 17.0 Å². The zero-order valence-corrected chi connectivity index (χ0v) is 12.6. The third kappa shape index (κ3) is 3.41. The molecule has 0 N–H and O–H groups in total. The van der Waals surface area contributed by atoms with E-state index in [9.17, 15) is 19.7 Å². The minimum Gasteiger partial charge on any atom is -0.451 e. The van der Waals surface area contributed by atoms with Crippen LogP contribution in [0, 0.1) is 10.1 Å². The fourth-order valence-corrected chi connectivity index (χ4v) is 2.33. The number of rotatable bonds is 5. The molecule has 0 bridgehead atoms. The average Bonchev–Trinajstić information content (AvgIpc) is 3.00. The monoisotopic (exact) mass is 306 g/mol. The molecule has 0 radical (unpaired) electrons. The second kappa shape index (κ2) is 6.55. The van der Waals surface area contributed by atoms with Crippen molar-refractivity contribution < 1.29 is 19.2 Å². The fraction of sp³-hybridized carbons (Fsp3) is 0.467. The van der Waals surface area contributed by atoms with E-state index in [4.69, 9.17) is 4.74 Å². The van der Waals surface area contributed by atoms with Gasteiger partial charge in [-0.1, -0.05) is 0 Å². The molecule has 1 aliphatic rings. The maximum atomic E-state index is 12.0. The molecule has 0 amide bonds. The lowest BCUT2D eigenvalue weighted by atomic mass is 10.1. The molecule has 0 aromatic heterocycles. The number of hydrogen-bond acceptors (Lipinski definition) is 6. The number of nitro groups is 1. The van der Waals surface area contributed by atoms with Crippen LogP contribution in [0.5, 0.6) is 0 Å². The van der Waals surface area contributed by atoms with Crippen molar-refractivity contribution in [2.75, 3.05) is 18.0 Å². The average molecular weight is 306 g/mol. The van der Waals surface area contributed by atoms with Gasteiger partial charge in [0.05, 0.1) is 10.5 Å². The standard InChI is InChI=1S/C15H18N2O5/c1-10(18)11(2)22-15(19)12-5-6-13(14(9-12)17(20)21)16-7-3-4-8-16/h5-6,9,11H,3-4,7-8H2,1-2H3. The predicted molar refractivity (Wildman–Crippen MR) is 80.1 cm³/mol. The van der Waals surface area contributed by atoms with Crippen LogP contribution in [0.3, 0.4) is 0 Å². The highest BCUT2D eigenvalue weighted by Gasteiger charge is 2.25. The summed E-state index contributed by atoms with van der Waals surface area (Å²) in [5.74, 6) is -1.02. The number of nitrogens with zero attached hydrogens (tertiary/aromatic N) is 2. The first-order valence-corrected chi connectivity index (χ1v) is 7.15. The van der Waals surface area contributed by atoms with Crippen LogP contribution in [0.15, 0.2) is 18.2 Å². The summed E-state index contributed by atoms with van der Waals surface area (Å²) in [5.41, 5.74) is 0.466. The van der Waals surface area contributed by atoms with E-state index in [2.05, 4.69) is 0 Å². The van der Waals surface area contributed by atoms with Crippen LogP contribution in [0.25, 0.3) is 0 Å². The van der Waals surface area contributed by atoms with Crippen molar-refractivity contribution in [1.29, 1.82) is 0 Å². The summed E-state index contributed by atoms with van der Waals surface area (Å²) in [7, 11) is 0. The van der Waals surface area contributed by atoms with Gasteiger partial charge >= 0.3 is 5.97 Å². The molecular weight excluding hydrogens is 288 g/mol. The van der Waals surface area contributed by atoms with Gasteiger partial charge in [0, 0.05) is 19.2 Å². The summed E-state index contributed by atoms with van der Waals surface area (Å²) in [5, 5.41) is 11.3. The van der Waals surface area contributed by atoms with Crippen LogP contribution in [0.1, 0.15) is 37.0 Å². The highest BCUT2D eigenvalue weighted by atomic mass is 16.6. The maximum Gasteiger partial charge on any atom is 0.339 e. The van der Waals surface area contributed by atoms with Crippen LogP contribution in [-0.4, -0.2) is 35.9 Å². The third-order valence-corrected chi connectivity index (χ3v) is 3.71. The number of benzene rings is 1. The Kier molecular flexibility index (Phi) is 4.75. The topological polar surface area (TPSA) is 89.8 Å². The van der Waals surface area contributed by atoms with Crippen molar-refractivity contribution in [3.8, 4) is 0 Å². The van der Waals surface area contributed by atoms with Crippen molar-refractivity contribution in [3.63, 3.8) is 0 Å². The first-order valence-electron chi connectivity index (χ1n) is 7.15. The van der Waals surface area contributed by atoms with Crippen LogP contribution < -0.4 is 4.90 Å². The summed E-state index contributed by atoms with van der Waals surface area (Å²) in [6, 6.07) is 4.27. The Morgan fingerprint density at radius 1 is 1.32 bits per heavy atom. The van der Waals surface area contributed by atoms with Crippen LogP contribution in [-0.2, 0) is 9.53 Å². The minimum atomic E-state index is -0.871. The van der Waals surface area contributed by atoms with E-state index in [0.717, 1.165) is 25.9 Å². The molecule has 1 atom stereocenters. The lowest BCUT2D eigenvalue weighted by Crippen LogP contribution is -2.22. The molecule has 7 heteroatoms. The van der Waals surface area contributed by atoms with Gasteiger partial charge in [0.25, 0.3) is 5.69 Å². The molecular formula is C15H18N2O5. The summed E-state index contributed by atoms with van der Waals surface area (Å²) in [6.07, 6.45) is 1.12. The molecule has 0 spiro atoms. The van der Waals surface area contributed by atoms with Gasteiger partial charge in [0.2, 0.25) is 0 Å². The maximum absolute atomic E-state index is 12.0. The quantitative estimate of drug-likeness (QED) is 0.471. The van der Waals surface area contributed by atoms with Gasteiger partial charge in [-0.05, 0) is 38.8 Å². The smallest absolute Gasteiger partial charge is 0.339 e. The van der Waals surface area contributed by atoms with Crippen LogP contribution in [0.2, 0.25) is 0 Å². The van der Waals surface area contributed by atoms with E-state index >= 15 is 0 Å². The van der Waals surface area contributed by atoms with Crippen molar-refractivity contribution in [3.05, 3.63) is 33.9 Å². The molecule has 1 aliphatic heterocycles. The molecule has 1 aromatic rings. The third-order valence-electron chi connectivity index (χ3n) is 3.71. The van der Waals surface area contributed by atoms with Crippen molar-refractivity contribution in [2.24, 2.45) is 0 Å². The van der Waals surface area contributed by atoms with Crippen molar-refractivity contribution in [1.82, 2.24) is 0 Å². The molecule has 1 aromatic carbocycles. The molecule has 0 saturated carbocycles. The SMILES string of the molecule is CC(=O)C(C)OC(=O)c1ccc(N2CCCC2)c([N+](=O)[O-])c1. The number of hydrogen-bond donors (Lipinski definition) is 0. The van der Waals surface area contributed by atoms with E-state index in [0.29, 0.717) is 5.69 Å². The lowest BCUT2D eigenvalue weighted by molar-refractivity contribution is -0.384. The van der Waals surface area contributed by atoms with E-state index in [1.54, 1.807) is 6.07 Å². The molecule has 1 saturated heterocycles. The number of carbonyl (C=O) groups excluding carboxylic acids is 2. The van der Waals surface area contributed by atoms with Crippen molar-refractivity contribution in [2.45, 2.75) is 32.8 Å². The van der Waals surface area contributed by atoms with Crippen LogP contribution >= 0.6 is 0 Å². The number of ether oxygens (including phenoxy) is 1. The Bertz CT molecular complexity index is 608. The Labute approximate surface area is 128 Å². The first kappa shape index (κ1) is 15.9. The zero-order valence-electron chi connectivity index (χ0n) is 12.6. The zero-order chi connectivity index (χ0) is 16.3.